The molecule has 0 bridgehead atoms. The Labute approximate surface area is 154 Å². The molecular formula is C18H18N6O3. The van der Waals surface area contributed by atoms with Gasteiger partial charge in [0.05, 0.1) is 17.5 Å². The van der Waals surface area contributed by atoms with E-state index in [0.717, 1.165) is 5.69 Å². The molecule has 0 aliphatic rings. The standard InChI is InChI=1S/C18H18N6O3/c1-3-23(10(2)25)12-6-4-11(5-7-12)15-13(16(19)26)8-21-18-14(17(20)27)9-22-24(15)18/h4-9H,3H2,1-2H3,(H2,19,26)(H2,20,27). The highest BCUT2D eigenvalue weighted by Crippen LogP contribution is 2.27. The van der Waals surface area contributed by atoms with E-state index >= 15 is 0 Å². The lowest BCUT2D eigenvalue weighted by atomic mass is 10.1. The summed E-state index contributed by atoms with van der Waals surface area (Å²) in [6.45, 7) is 3.90. The van der Waals surface area contributed by atoms with Crippen molar-refractivity contribution in [2.75, 3.05) is 11.4 Å². The molecule has 0 saturated carbocycles. The van der Waals surface area contributed by atoms with Crippen molar-refractivity contribution in [3.8, 4) is 11.3 Å². The predicted octanol–water partition coefficient (Wildman–Crippen LogP) is 0.967. The molecule has 3 amide bonds. The van der Waals surface area contributed by atoms with Gasteiger partial charge < -0.3 is 16.4 Å². The molecule has 2 heterocycles. The summed E-state index contributed by atoms with van der Waals surface area (Å²) in [6.07, 6.45) is 2.59. The van der Waals surface area contributed by atoms with Crippen LogP contribution in [0, 0.1) is 0 Å². The summed E-state index contributed by atoms with van der Waals surface area (Å²) in [5.41, 5.74) is 13.1. The quantitative estimate of drug-likeness (QED) is 0.693. The van der Waals surface area contributed by atoms with Gasteiger partial charge in [-0.2, -0.15) is 5.10 Å². The number of anilines is 1. The molecule has 9 heteroatoms. The maximum absolute atomic E-state index is 11.9. The van der Waals surface area contributed by atoms with E-state index in [4.69, 9.17) is 11.5 Å². The monoisotopic (exact) mass is 366 g/mol. The van der Waals surface area contributed by atoms with Crippen LogP contribution in [0.25, 0.3) is 16.9 Å². The molecule has 27 heavy (non-hydrogen) atoms. The Kier molecular flexibility index (Phi) is 4.59. The van der Waals surface area contributed by atoms with E-state index in [2.05, 4.69) is 10.1 Å². The highest BCUT2D eigenvalue weighted by Gasteiger charge is 2.20. The van der Waals surface area contributed by atoms with Gasteiger partial charge in [0.2, 0.25) is 5.91 Å². The zero-order valence-electron chi connectivity index (χ0n) is 14.8. The van der Waals surface area contributed by atoms with Crippen molar-refractivity contribution in [3.63, 3.8) is 0 Å². The number of nitrogens with zero attached hydrogens (tertiary/aromatic N) is 4. The summed E-state index contributed by atoms with van der Waals surface area (Å²) in [6, 6.07) is 7.01. The van der Waals surface area contributed by atoms with Crippen LogP contribution in [-0.2, 0) is 4.79 Å². The van der Waals surface area contributed by atoms with E-state index in [9.17, 15) is 14.4 Å². The Morgan fingerprint density at radius 1 is 1.04 bits per heavy atom. The number of hydrogen-bond acceptors (Lipinski definition) is 5. The smallest absolute Gasteiger partial charge is 0.254 e. The third-order valence-corrected chi connectivity index (χ3v) is 4.21. The second kappa shape index (κ2) is 6.87. The van der Waals surface area contributed by atoms with Crippen molar-refractivity contribution in [2.45, 2.75) is 13.8 Å². The third-order valence-electron chi connectivity index (χ3n) is 4.21. The minimum absolute atomic E-state index is 0.0763. The Hall–Kier alpha value is -3.75. The predicted molar refractivity (Wildman–Crippen MR) is 99.2 cm³/mol. The van der Waals surface area contributed by atoms with E-state index in [0.29, 0.717) is 17.8 Å². The van der Waals surface area contributed by atoms with Crippen LogP contribution in [0.15, 0.2) is 36.7 Å². The fourth-order valence-corrected chi connectivity index (χ4v) is 2.95. The number of primary amides is 2. The van der Waals surface area contributed by atoms with Crippen LogP contribution in [0.3, 0.4) is 0 Å². The van der Waals surface area contributed by atoms with Crippen molar-refractivity contribution < 1.29 is 14.4 Å². The maximum Gasteiger partial charge on any atom is 0.254 e. The van der Waals surface area contributed by atoms with Crippen molar-refractivity contribution in [3.05, 3.63) is 47.8 Å². The number of fused-ring (bicyclic) bond motifs is 1. The second-order valence-corrected chi connectivity index (χ2v) is 5.85. The zero-order valence-corrected chi connectivity index (χ0v) is 14.8. The molecule has 3 rings (SSSR count). The summed E-state index contributed by atoms with van der Waals surface area (Å²) in [7, 11) is 0. The van der Waals surface area contributed by atoms with Gasteiger partial charge in [-0.05, 0) is 19.1 Å². The Bertz CT molecular complexity index is 1050. The normalized spacial score (nSPS) is 10.7. The van der Waals surface area contributed by atoms with Gasteiger partial charge in [0.25, 0.3) is 11.8 Å². The highest BCUT2D eigenvalue weighted by molar-refractivity contribution is 6.02. The van der Waals surface area contributed by atoms with Gasteiger partial charge in [0.15, 0.2) is 5.65 Å². The number of nitrogens with two attached hydrogens (primary N) is 2. The van der Waals surface area contributed by atoms with Crippen LogP contribution >= 0.6 is 0 Å². The van der Waals surface area contributed by atoms with Crippen LogP contribution in [0.1, 0.15) is 34.6 Å². The van der Waals surface area contributed by atoms with Gasteiger partial charge in [0.1, 0.15) is 5.56 Å². The van der Waals surface area contributed by atoms with Gasteiger partial charge in [0, 0.05) is 30.9 Å². The number of amides is 3. The first-order chi connectivity index (χ1) is 12.8. The number of carbonyl (C=O) groups is 3. The van der Waals surface area contributed by atoms with Gasteiger partial charge in [-0.1, -0.05) is 12.1 Å². The molecule has 138 valence electrons. The van der Waals surface area contributed by atoms with Gasteiger partial charge >= 0.3 is 0 Å². The number of hydrogen-bond donors (Lipinski definition) is 2. The van der Waals surface area contributed by atoms with Crippen molar-refractivity contribution in [2.24, 2.45) is 11.5 Å². The van der Waals surface area contributed by atoms with Crippen LogP contribution < -0.4 is 16.4 Å². The Morgan fingerprint density at radius 3 is 2.19 bits per heavy atom. The SMILES string of the molecule is CCN(C(C)=O)c1ccc(-c2c(C(N)=O)cnc3c(C(N)=O)cnn23)cc1. The van der Waals surface area contributed by atoms with Crippen LogP contribution in [-0.4, -0.2) is 38.9 Å². The molecule has 2 aromatic heterocycles. The molecule has 0 fully saturated rings. The number of carbonyl (C=O) groups excluding carboxylic acids is 3. The van der Waals surface area contributed by atoms with Crippen molar-refractivity contribution in [1.29, 1.82) is 0 Å². The first kappa shape index (κ1) is 18.1. The fraction of sp³-hybridized carbons (Fsp3) is 0.167. The van der Waals surface area contributed by atoms with E-state index in [1.54, 1.807) is 29.2 Å². The van der Waals surface area contributed by atoms with E-state index < -0.39 is 11.8 Å². The molecule has 0 radical (unpaired) electrons. The van der Waals surface area contributed by atoms with Crippen LogP contribution in [0.2, 0.25) is 0 Å². The average Bonchev–Trinajstić information content (AvgIpc) is 3.06. The second-order valence-electron chi connectivity index (χ2n) is 5.85. The molecule has 9 nitrogen and oxygen atoms in total. The number of rotatable bonds is 5. The van der Waals surface area contributed by atoms with E-state index in [1.165, 1.54) is 23.8 Å². The number of benzene rings is 1. The minimum atomic E-state index is -0.682. The minimum Gasteiger partial charge on any atom is -0.365 e. The molecule has 4 N–H and O–H groups in total. The lowest BCUT2D eigenvalue weighted by molar-refractivity contribution is -0.116. The number of aromatic nitrogens is 3. The molecule has 3 aromatic rings. The van der Waals surface area contributed by atoms with Gasteiger partial charge in [-0.25, -0.2) is 9.50 Å². The average molecular weight is 366 g/mol. The molecular weight excluding hydrogens is 348 g/mol. The largest absolute Gasteiger partial charge is 0.365 e. The van der Waals surface area contributed by atoms with Gasteiger partial charge in [-0.15, -0.1) is 0 Å². The van der Waals surface area contributed by atoms with Crippen LogP contribution in [0.5, 0.6) is 0 Å². The summed E-state index contributed by atoms with van der Waals surface area (Å²) in [5.74, 6) is -1.43. The maximum atomic E-state index is 11.9. The third kappa shape index (κ3) is 3.10. The topological polar surface area (TPSA) is 137 Å². The molecule has 0 unspecified atom stereocenters. The van der Waals surface area contributed by atoms with E-state index in [-0.39, 0.29) is 22.7 Å². The summed E-state index contributed by atoms with van der Waals surface area (Å²) in [5, 5.41) is 4.14. The summed E-state index contributed by atoms with van der Waals surface area (Å²) < 4.78 is 1.36. The lowest BCUT2D eigenvalue weighted by Gasteiger charge is -2.19. The molecule has 0 atom stereocenters. The first-order valence-corrected chi connectivity index (χ1v) is 8.20. The first-order valence-electron chi connectivity index (χ1n) is 8.20. The highest BCUT2D eigenvalue weighted by atomic mass is 16.2. The van der Waals surface area contributed by atoms with E-state index in [1.807, 2.05) is 6.92 Å². The fourth-order valence-electron chi connectivity index (χ4n) is 2.95. The van der Waals surface area contributed by atoms with Crippen molar-refractivity contribution in [1.82, 2.24) is 14.6 Å². The lowest BCUT2D eigenvalue weighted by Crippen LogP contribution is -2.27. The summed E-state index contributed by atoms with van der Waals surface area (Å²) >= 11 is 0. The van der Waals surface area contributed by atoms with Crippen molar-refractivity contribution >= 4 is 29.1 Å². The molecule has 0 aliphatic heterocycles. The Balaban J connectivity index is 2.20. The zero-order chi connectivity index (χ0) is 19.7. The molecule has 0 saturated heterocycles. The molecule has 0 aliphatic carbocycles. The molecule has 0 spiro atoms. The molecule has 1 aromatic carbocycles. The summed E-state index contributed by atoms with van der Waals surface area (Å²) in [4.78, 5) is 40.9. The van der Waals surface area contributed by atoms with Gasteiger partial charge in [-0.3, -0.25) is 14.4 Å². The Morgan fingerprint density at radius 2 is 1.67 bits per heavy atom. The van der Waals surface area contributed by atoms with Crippen LogP contribution in [0.4, 0.5) is 5.69 Å².